The molecule has 0 atom stereocenters. The number of benzene rings is 3. The lowest BCUT2D eigenvalue weighted by Gasteiger charge is -2.14. The van der Waals surface area contributed by atoms with E-state index in [4.69, 9.17) is 0 Å². The van der Waals surface area contributed by atoms with Crippen LogP contribution in [0.25, 0.3) is 44.2 Å². The number of fused-ring (bicyclic) bond motifs is 1. The molecule has 0 heterocycles. The SMILES string of the molecule is C=CC=CC(=C)c1cccc(-c2ccccc2)ccc(C2=CC=CCC2)c2ccc(-c3ccccc3)cc12. The summed E-state index contributed by atoms with van der Waals surface area (Å²) in [4.78, 5) is 0. The van der Waals surface area contributed by atoms with Gasteiger partial charge in [-0.1, -0.05) is 153 Å². The lowest BCUT2D eigenvalue weighted by molar-refractivity contribution is 1.06. The Labute approximate surface area is 226 Å². The molecule has 38 heavy (non-hydrogen) atoms. The van der Waals surface area contributed by atoms with Crippen LogP contribution in [0.4, 0.5) is 0 Å². The van der Waals surface area contributed by atoms with Gasteiger partial charge in [0.25, 0.3) is 0 Å². The van der Waals surface area contributed by atoms with E-state index in [1.807, 2.05) is 12.2 Å². The van der Waals surface area contributed by atoms with E-state index in [0.717, 1.165) is 24.0 Å². The maximum Gasteiger partial charge on any atom is -0.00933 e. The van der Waals surface area contributed by atoms with Gasteiger partial charge in [-0.05, 0) is 74.2 Å². The fraction of sp³-hybridized carbons (Fsp3) is 0.0526. The number of hydrogen-bond donors (Lipinski definition) is 0. The van der Waals surface area contributed by atoms with E-state index in [0.29, 0.717) is 0 Å². The third kappa shape index (κ3) is 5.66. The lowest BCUT2D eigenvalue weighted by atomic mass is 9.90. The fourth-order valence-corrected chi connectivity index (χ4v) is 4.95. The molecule has 0 amide bonds. The van der Waals surface area contributed by atoms with E-state index < -0.39 is 0 Å². The second kappa shape index (κ2) is 12.0. The molecule has 0 aliphatic heterocycles. The van der Waals surface area contributed by atoms with Gasteiger partial charge >= 0.3 is 0 Å². The molecule has 0 saturated heterocycles. The molecule has 0 aromatic heterocycles. The Bertz CT molecular complexity index is 1610. The Kier molecular flexibility index (Phi) is 7.92. The molecular weight excluding hydrogens is 456 g/mol. The molecule has 0 saturated carbocycles. The van der Waals surface area contributed by atoms with E-state index in [1.165, 1.54) is 44.2 Å². The van der Waals surface area contributed by atoms with E-state index in [1.54, 1.807) is 6.08 Å². The third-order valence-corrected chi connectivity index (χ3v) is 6.92. The van der Waals surface area contributed by atoms with Gasteiger partial charge in [0.2, 0.25) is 0 Å². The molecule has 0 bridgehead atoms. The van der Waals surface area contributed by atoms with Gasteiger partial charge in [0, 0.05) is 0 Å². The summed E-state index contributed by atoms with van der Waals surface area (Å²) in [6.45, 7) is 8.32. The van der Waals surface area contributed by atoms with E-state index >= 15 is 0 Å². The summed E-state index contributed by atoms with van der Waals surface area (Å²) in [5, 5.41) is 2.39. The number of hydrogen-bond acceptors (Lipinski definition) is 0. The van der Waals surface area contributed by atoms with Gasteiger partial charge in [0.05, 0.1) is 0 Å². The van der Waals surface area contributed by atoms with Gasteiger partial charge in [-0.25, -0.2) is 0 Å². The highest BCUT2D eigenvalue weighted by Crippen LogP contribution is 2.35. The quantitative estimate of drug-likeness (QED) is 0.237. The van der Waals surface area contributed by atoms with Crippen LogP contribution < -0.4 is 0 Å². The largest absolute Gasteiger partial charge is 0.0991 e. The van der Waals surface area contributed by atoms with Crippen LogP contribution in [0.1, 0.15) is 24.0 Å². The van der Waals surface area contributed by atoms with E-state index in [9.17, 15) is 0 Å². The lowest BCUT2D eigenvalue weighted by Crippen LogP contribution is -1.91. The van der Waals surface area contributed by atoms with Gasteiger partial charge in [-0.3, -0.25) is 0 Å². The van der Waals surface area contributed by atoms with Gasteiger partial charge < -0.3 is 0 Å². The minimum absolute atomic E-state index is 0.948. The van der Waals surface area contributed by atoms with E-state index in [2.05, 4.69) is 141 Å². The first-order chi connectivity index (χ1) is 18.7. The standard InChI is InChI=1S/C38H32/c1-3-4-15-29(2)35-23-14-22-32(30-16-8-5-9-17-30)24-26-36(33-20-12-7-13-21-33)37-27-25-34(28-38(35)37)31-18-10-6-11-19-31/h3-12,14-20,22-28H,1-2,13,21H2. The molecule has 0 radical (unpaired) electrons. The van der Waals surface area contributed by atoms with Crippen molar-refractivity contribution >= 4 is 21.9 Å². The zero-order valence-electron chi connectivity index (χ0n) is 21.7. The van der Waals surface area contributed by atoms with Crippen LogP contribution in [0.5, 0.6) is 0 Å². The molecule has 184 valence electrons. The predicted molar refractivity (Wildman–Crippen MR) is 167 cm³/mol. The van der Waals surface area contributed by atoms with Crippen LogP contribution >= 0.6 is 0 Å². The van der Waals surface area contributed by atoms with Crippen molar-refractivity contribution in [2.75, 3.05) is 0 Å². The minimum Gasteiger partial charge on any atom is -0.0991 e. The second-order valence-electron chi connectivity index (χ2n) is 9.41. The second-order valence-corrected chi connectivity index (χ2v) is 9.41. The molecular formula is C38H32. The first-order valence-corrected chi connectivity index (χ1v) is 13.1. The van der Waals surface area contributed by atoms with Crippen LogP contribution in [0.3, 0.4) is 0 Å². The minimum atomic E-state index is 0.948. The average Bonchev–Trinajstić information content (AvgIpc) is 2.99. The normalized spacial score (nSPS) is 12.7. The molecule has 0 fully saturated rings. The smallest absolute Gasteiger partial charge is 0.00933 e. The van der Waals surface area contributed by atoms with Crippen molar-refractivity contribution in [3.8, 4) is 22.3 Å². The highest BCUT2D eigenvalue weighted by Gasteiger charge is 2.11. The maximum atomic E-state index is 4.46. The summed E-state index contributed by atoms with van der Waals surface area (Å²) < 4.78 is 0. The monoisotopic (exact) mass is 488 g/mol. The van der Waals surface area contributed by atoms with Crippen molar-refractivity contribution in [2.45, 2.75) is 12.8 Å². The summed E-state index contributed by atoms with van der Waals surface area (Å²) >= 11 is 0. The molecule has 0 heteroatoms. The van der Waals surface area contributed by atoms with Crippen molar-refractivity contribution < 1.29 is 0 Å². The summed E-state index contributed by atoms with van der Waals surface area (Å²) in [6, 6.07) is 39.0. The van der Waals surface area contributed by atoms with Crippen LogP contribution in [-0.4, -0.2) is 0 Å². The van der Waals surface area contributed by atoms with Crippen LogP contribution in [0.2, 0.25) is 0 Å². The zero-order chi connectivity index (χ0) is 26.2. The molecule has 0 nitrogen and oxygen atoms in total. The van der Waals surface area contributed by atoms with E-state index in [-0.39, 0.29) is 0 Å². The van der Waals surface area contributed by atoms with Gasteiger partial charge in [-0.2, -0.15) is 0 Å². The third-order valence-electron chi connectivity index (χ3n) is 6.92. The summed E-state index contributed by atoms with van der Waals surface area (Å²) in [5.41, 5.74) is 9.39. The van der Waals surface area contributed by atoms with Crippen LogP contribution in [0, 0.1) is 0 Å². The predicted octanol–water partition coefficient (Wildman–Crippen LogP) is 10.8. The summed E-state index contributed by atoms with van der Waals surface area (Å²) in [7, 11) is 0. The van der Waals surface area contributed by atoms with Crippen molar-refractivity contribution in [2.24, 2.45) is 0 Å². The van der Waals surface area contributed by atoms with Crippen molar-refractivity contribution in [3.05, 3.63) is 170 Å². The average molecular weight is 489 g/mol. The molecule has 4 aromatic carbocycles. The first kappa shape index (κ1) is 25.0. The Morgan fingerprint density at radius 3 is 2.00 bits per heavy atom. The highest BCUT2D eigenvalue weighted by atomic mass is 14.1. The highest BCUT2D eigenvalue weighted by molar-refractivity contribution is 6.02. The Morgan fingerprint density at radius 1 is 0.658 bits per heavy atom. The molecule has 4 aromatic rings. The Morgan fingerprint density at radius 2 is 1.32 bits per heavy atom. The first-order valence-electron chi connectivity index (χ1n) is 13.1. The Hall–Kier alpha value is -4.68. The number of allylic oxidation sites excluding steroid dienone is 8. The van der Waals surface area contributed by atoms with Crippen LogP contribution in [0.15, 0.2) is 159 Å². The van der Waals surface area contributed by atoms with Gasteiger partial charge in [0.15, 0.2) is 0 Å². The van der Waals surface area contributed by atoms with Crippen molar-refractivity contribution in [1.82, 2.24) is 0 Å². The van der Waals surface area contributed by atoms with Gasteiger partial charge in [0.1, 0.15) is 0 Å². The van der Waals surface area contributed by atoms with Gasteiger partial charge in [-0.15, -0.1) is 0 Å². The molecule has 0 N–H and O–H groups in total. The molecule has 5 rings (SSSR count). The van der Waals surface area contributed by atoms with Crippen LogP contribution in [-0.2, 0) is 0 Å². The van der Waals surface area contributed by atoms with Crippen molar-refractivity contribution in [3.63, 3.8) is 0 Å². The topological polar surface area (TPSA) is 0 Å². The molecule has 0 spiro atoms. The zero-order valence-corrected chi connectivity index (χ0v) is 21.7. The molecule has 0 unspecified atom stereocenters. The summed E-state index contributed by atoms with van der Waals surface area (Å²) in [6.07, 6.45) is 14.5. The van der Waals surface area contributed by atoms with Crippen molar-refractivity contribution in [1.29, 1.82) is 0 Å². The number of rotatable bonds is 6. The fourth-order valence-electron chi connectivity index (χ4n) is 4.95. The molecule has 1 aliphatic rings. The maximum absolute atomic E-state index is 4.46. The molecule has 1 aliphatic carbocycles. The Balaban J connectivity index is 1.89. The summed E-state index contributed by atoms with van der Waals surface area (Å²) in [5.74, 6) is 0.